The van der Waals surface area contributed by atoms with Crippen molar-refractivity contribution in [1.29, 1.82) is 0 Å². The van der Waals surface area contributed by atoms with Crippen molar-refractivity contribution in [2.45, 2.75) is 45.6 Å². The van der Waals surface area contributed by atoms with Crippen LogP contribution in [0.3, 0.4) is 0 Å². The minimum atomic E-state index is -0.982. The highest BCUT2D eigenvalue weighted by atomic mass is 35.5. The predicted octanol–water partition coefficient (Wildman–Crippen LogP) is 6.86. The number of hydrogen-bond acceptors (Lipinski definition) is 5. The third kappa shape index (κ3) is 11.9. The molecule has 2 aromatic rings. The van der Waals surface area contributed by atoms with Crippen LogP contribution in [0.1, 0.15) is 38.7 Å². The summed E-state index contributed by atoms with van der Waals surface area (Å²) in [4.78, 5) is 26.0. The van der Waals surface area contributed by atoms with Gasteiger partial charge in [0, 0.05) is 30.3 Å². The summed E-state index contributed by atoms with van der Waals surface area (Å²) in [6, 6.07) is 11.9. The Labute approximate surface area is 233 Å². The number of benzene rings is 2. The van der Waals surface area contributed by atoms with Crippen molar-refractivity contribution >= 4 is 52.7 Å². The minimum Gasteiger partial charge on any atom is -0.492 e. The highest BCUT2D eigenvalue weighted by molar-refractivity contribution is 7.99. The van der Waals surface area contributed by atoms with Crippen LogP contribution in [0.15, 0.2) is 42.5 Å². The Bertz CT molecular complexity index is 978. The summed E-state index contributed by atoms with van der Waals surface area (Å²) in [5, 5.41) is 13.0. The van der Waals surface area contributed by atoms with Crippen molar-refractivity contribution in [2.24, 2.45) is 0 Å². The maximum Gasteiger partial charge on any atom is 0.333 e. The predicted molar refractivity (Wildman–Crippen MR) is 153 cm³/mol. The highest BCUT2D eigenvalue weighted by Crippen LogP contribution is 2.25. The van der Waals surface area contributed by atoms with Gasteiger partial charge in [-0.15, -0.1) is 0 Å². The second kappa shape index (κ2) is 17.4. The number of hydrogen-bond donors (Lipinski definition) is 2. The molecule has 0 aliphatic heterocycles. The molecular formula is C27H36Cl2N2O5S. The molecule has 1 unspecified atom stereocenters. The lowest BCUT2D eigenvalue weighted by Crippen LogP contribution is -2.39. The molecule has 0 saturated heterocycles. The molecule has 0 radical (unpaired) electrons. The van der Waals surface area contributed by atoms with Gasteiger partial charge in [-0.3, -0.25) is 0 Å². The SMILES string of the molecule is CCCCCSCCN(CCOc1ccc(CC(OCC)C(=O)O)cc1)C(=O)Nc1ccc(Cl)cc1Cl. The summed E-state index contributed by atoms with van der Waals surface area (Å²) in [7, 11) is 0. The van der Waals surface area contributed by atoms with E-state index in [2.05, 4.69) is 12.2 Å². The van der Waals surface area contributed by atoms with Gasteiger partial charge in [-0.2, -0.15) is 11.8 Å². The van der Waals surface area contributed by atoms with E-state index in [-0.39, 0.29) is 12.5 Å². The van der Waals surface area contributed by atoms with Gasteiger partial charge < -0.3 is 24.8 Å². The van der Waals surface area contributed by atoms with Crippen molar-refractivity contribution < 1.29 is 24.2 Å². The van der Waals surface area contributed by atoms with Crippen LogP contribution >= 0.6 is 35.0 Å². The molecule has 1 atom stereocenters. The molecule has 2 aromatic carbocycles. The Kier molecular flexibility index (Phi) is 14.6. The van der Waals surface area contributed by atoms with E-state index in [1.807, 2.05) is 23.9 Å². The lowest BCUT2D eigenvalue weighted by atomic mass is 10.1. The molecule has 7 nitrogen and oxygen atoms in total. The molecule has 2 N–H and O–H groups in total. The van der Waals surface area contributed by atoms with E-state index >= 15 is 0 Å². The minimum absolute atomic E-state index is 0.257. The smallest absolute Gasteiger partial charge is 0.333 e. The molecule has 2 rings (SSSR count). The van der Waals surface area contributed by atoms with E-state index in [9.17, 15) is 14.7 Å². The molecule has 10 heteroatoms. The van der Waals surface area contributed by atoms with Gasteiger partial charge in [0.1, 0.15) is 12.4 Å². The second-order valence-electron chi connectivity index (χ2n) is 8.34. The third-order valence-corrected chi connectivity index (χ3v) is 7.07. The number of carbonyl (C=O) groups excluding carboxylic acids is 1. The van der Waals surface area contributed by atoms with Crippen LogP contribution < -0.4 is 10.1 Å². The van der Waals surface area contributed by atoms with Crippen LogP contribution in [0.4, 0.5) is 10.5 Å². The number of amides is 2. The zero-order valence-corrected chi connectivity index (χ0v) is 23.7. The molecule has 0 aliphatic rings. The highest BCUT2D eigenvalue weighted by Gasteiger charge is 2.18. The molecule has 37 heavy (non-hydrogen) atoms. The van der Waals surface area contributed by atoms with Crippen molar-refractivity contribution in [3.63, 3.8) is 0 Å². The Morgan fingerprint density at radius 1 is 1.05 bits per heavy atom. The lowest BCUT2D eigenvalue weighted by molar-refractivity contribution is -0.149. The van der Waals surface area contributed by atoms with Gasteiger partial charge in [-0.25, -0.2) is 9.59 Å². The Morgan fingerprint density at radius 2 is 1.81 bits per heavy atom. The number of anilines is 1. The summed E-state index contributed by atoms with van der Waals surface area (Å²) in [5.74, 6) is 1.55. The van der Waals surface area contributed by atoms with Crippen molar-refractivity contribution in [1.82, 2.24) is 4.90 Å². The molecule has 0 bridgehead atoms. The van der Waals surface area contributed by atoms with Gasteiger partial charge in [0.2, 0.25) is 0 Å². The largest absolute Gasteiger partial charge is 0.492 e. The zero-order valence-electron chi connectivity index (χ0n) is 21.4. The molecule has 2 amide bonds. The van der Waals surface area contributed by atoms with E-state index in [0.29, 0.717) is 47.8 Å². The molecule has 0 saturated carbocycles. The van der Waals surface area contributed by atoms with Gasteiger partial charge in [-0.05, 0) is 55.0 Å². The molecular weight excluding hydrogens is 535 g/mol. The zero-order chi connectivity index (χ0) is 27.0. The first kappa shape index (κ1) is 31.1. The van der Waals surface area contributed by atoms with Gasteiger partial charge in [0.25, 0.3) is 0 Å². The summed E-state index contributed by atoms with van der Waals surface area (Å²) in [6.07, 6.45) is 2.96. The first-order chi connectivity index (χ1) is 17.8. The van der Waals surface area contributed by atoms with Crippen molar-refractivity contribution in [2.75, 3.05) is 43.1 Å². The molecule has 0 heterocycles. The number of aliphatic carboxylic acids is 1. The molecule has 0 aliphatic carbocycles. The number of unbranched alkanes of at least 4 members (excludes halogenated alkanes) is 2. The molecule has 0 fully saturated rings. The number of nitrogens with zero attached hydrogens (tertiary/aromatic N) is 1. The molecule has 204 valence electrons. The number of carboxylic acids is 1. The average molecular weight is 572 g/mol. The summed E-state index contributed by atoms with van der Waals surface area (Å²) < 4.78 is 11.1. The Balaban J connectivity index is 1.92. The van der Waals surface area contributed by atoms with Crippen LogP contribution in [0.5, 0.6) is 5.75 Å². The maximum absolute atomic E-state index is 13.0. The number of carboxylic acid groups (broad SMARTS) is 1. The van der Waals surface area contributed by atoms with Crippen LogP contribution in [-0.2, 0) is 16.0 Å². The first-order valence-corrected chi connectivity index (χ1v) is 14.4. The fourth-order valence-electron chi connectivity index (χ4n) is 3.46. The summed E-state index contributed by atoms with van der Waals surface area (Å²) >= 11 is 14.0. The van der Waals surface area contributed by atoms with E-state index in [4.69, 9.17) is 32.7 Å². The first-order valence-electron chi connectivity index (χ1n) is 12.5. The number of thioether (sulfide) groups is 1. The average Bonchev–Trinajstić information content (AvgIpc) is 2.87. The fourth-order valence-corrected chi connectivity index (χ4v) is 4.88. The fraction of sp³-hybridized carbons (Fsp3) is 0.481. The van der Waals surface area contributed by atoms with Crippen LogP contribution in [0, 0.1) is 0 Å². The third-order valence-electron chi connectivity index (χ3n) is 5.48. The van der Waals surface area contributed by atoms with Crippen LogP contribution in [0.2, 0.25) is 10.0 Å². The quantitative estimate of drug-likeness (QED) is 0.202. The topological polar surface area (TPSA) is 88.1 Å². The van der Waals surface area contributed by atoms with Gasteiger partial charge in [0.15, 0.2) is 6.10 Å². The van der Waals surface area contributed by atoms with E-state index in [0.717, 1.165) is 17.1 Å². The number of nitrogens with one attached hydrogen (secondary N) is 1. The monoisotopic (exact) mass is 570 g/mol. The molecule has 0 aromatic heterocycles. The second-order valence-corrected chi connectivity index (χ2v) is 10.4. The number of halogens is 2. The van der Waals surface area contributed by atoms with Gasteiger partial charge >= 0.3 is 12.0 Å². The number of urea groups is 1. The molecule has 0 spiro atoms. The Morgan fingerprint density at radius 3 is 2.46 bits per heavy atom. The normalized spacial score (nSPS) is 11.7. The summed E-state index contributed by atoms with van der Waals surface area (Å²) in [5.41, 5.74) is 1.34. The number of rotatable bonds is 17. The standard InChI is InChI=1S/C27H36Cl2N2O5S/c1-3-5-6-16-37-17-14-31(27(34)30-24-12-9-21(28)19-23(24)29)13-15-36-22-10-7-20(8-11-22)18-25(26(32)33)35-4-2/h7-12,19,25H,3-6,13-18H2,1-2H3,(H,30,34)(H,32,33). The number of ether oxygens (including phenoxy) is 2. The van der Waals surface area contributed by atoms with Crippen LogP contribution in [0.25, 0.3) is 0 Å². The lowest BCUT2D eigenvalue weighted by Gasteiger charge is -2.23. The maximum atomic E-state index is 13.0. The Hall–Kier alpha value is -2.13. The summed E-state index contributed by atoms with van der Waals surface area (Å²) in [6.45, 7) is 5.55. The van der Waals surface area contributed by atoms with E-state index < -0.39 is 12.1 Å². The van der Waals surface area contributed by atoms with Gasteiger partial charge in [-0.1, -0.05) is 55.1 Å². The number of carbonyl (C=O) groups is 2. The van der Waals surface area contributed by atoms with Gasteiger partial charge in [0.05, 0.1) is 17.3 Å². The van der Waals surface area contributed by atoms with E-state index in [1.165, 1.54) is 19.3 Å². The van der Waals surface area contributed by atoms with Crippen molar-refractivity contribution in [3.8, 4) is 5.75 Å². The van der Waals surface area contributed by atoms with E-state index in [1.54, 1.807) is 42.2 Å². The van der Waals surface area contributed by atoms with Crippen molar-refractivity contribution in [3.05, 3.63) is 58.1 Å². The van der Waals surface area contributed by atoms with Crippen LogP contribution in [-0.4, -0.2) is 65.9 Å².